The van der Waals surface area contributed by atoms with Gasteiger partial charge in [-0.05, 0) is 20.9 Å². The van der Waals surface area contributed by atoms with Gasteiger partial charge in [-0.3, -0.25) is 0 Å². The minimum atomic E-state index is 0.574. The molecule has 0 aliphatic heterocycles. The van der Waals surface area contributed by atoms with Crippen LogP contribution in [0.5, 0.6) is 0 Å². The van der Waals surface area contributed by atoms with Crippen LogP contribution in [0.1, 0.15) is 13.8 Å². The van der Waals surface area contributed by atoms with Gasteiger partial charge in [-0.15, -0.1) is 0 Å². The largest absolute Gasteiger partial charge is 0.303 e. The summed E-state index contributed by atoms with van der Waals surface area (Å²) in [6.45, 7) is 4.21. The van der Waals surface area contributed by atoms with E-state index >= 15 is 0 Å². The van der Waals surface area contributed by atoms with Gasteiger partial charge in [-0.1, -0.05) is 0 Å². The summed E-state index contributed by atoms with van der Waals surface area (Å²) < 4.78 is 0. The molecule has 0 aromatic rings. The molecule has 1 heteroatoms. The van der Waals surface area contributed by atoms with E-state index in [2.05, 4.69) is 20.9 Å². The molecule has 0 rings (SSSR count). The smallest absolute Gasteiger partial charge is 0.0109 e. The van der Waals surface area contributed by atoms with Crippen molar-refractivity contribution in [3.05, 3.63) is 7.05 Å². The fraction of sp³-hybridized carbons (Fsp3) is 0.800. The van der Waals surface area contributed by atoms with Gasteiger partial charge in [-0.25, -0.2) is 0 Å². The zero-order chi connectivity index (χ0) is 5.15. The molecule has 0 aromatic heterocycles. The maximum absolute atomic E-state index is 3.67. The minimum Gasteiger partial charge on any atom is -0.303 e. The van der Waals surface area contributed by atoms with Gasteiger partial charge in [0.25, 0.3) is 0 Å². The lowest BCUT2D eigenvalue weighted by Gasteiger charge is -2.12. The van der Waals surface area contributed by atoms with Crippen molar-refractivity contribution >= 4 is 0 Å². The highest BCUT2D eigenvalue weighted by Gasteiger charge is 1.90. The van der Waals surface area contributed by atoms with E-state index < -0.39 is 0 Å². The van der Waals surface area contributed by atoms with Crippen molar-refractivity contribution in [3.63, 3.8) is 0 Å². The Morgan fingerprint density at radius 2 is 1.67 bits per heavy atom. The van der Waals surface area contributed by atoms with Crippen LogP contribution in [-0.2, 0) is 0 Å². The molecule has 1 radical (unpaired) electrons. The Labute approximate surface area is 40.0 Å². The van der Waals surface area contributed by atoms with Crippen LogP contribution in [0.15, 0.2) is 0 Å². The molecular formula is C5H12N. The molecule has 0 heterocycles. The van der Waals surface area contributed by atoms with Crippen molar-refractivity contribution in [2.75, 3.05) is 7.05 Å². The third-order valence-electron chi connectivity index (χ3n) is 0.882. The predicted octanol–water partition coefficient (Wildman–Crippen LogP) is 1.12. The van der Waals surface area contributed by atoms with Crippen molar-refractivity contribution in [1.82, 2.24) is 4.90 Å². The van der Waals surface area contributed by atoms with Crippen LogP contribution in [0, 0.1) is 7.05 Å². The first kappa shape index (κ1) is 5.96. The molecule has 0 amide bonds. The normalized spacial score (nSPS) is 11.0. The van der Waals surface area contributed by atoms with Crippen LogP contribution in [0.3, 0.4) is 0 Å². The second kappa shape index (κ2) is 2.19. The molecule has 0 atom stereocenters. The molecule has 1 nitrogen and oxygen atoms in total. The highest BCUT2D eigenvalue weighted by Crippen LogP contribution is 1.86. The first-order chi connectivity index (χ1) is 2.64. The summed E-state index contributed by atoms with van der Waals surface area (Å²) in [4.78, 5) is 1.92. The van der Waals surface area contributed by atoms with E-state index in [0.717, 1.165) is 0 Å². The molecule has 0 saturated heterocycles. The molecule has 0 fully saturated rings. The van der Waals surface area contributed by atoms with Gasteiger partial charge in [-0.2, -0.15) is 0 Å². The topological polar surface area (TPSA) is 3.24 Å². The van der Waals surface area contributed by atoms with Crippen LogP contribution in [0.4, 0.5) is 0 Å². The van der Waals surface area contributed by atoms with Gasteiger partial charge in [0.15, 0.2) is 0 Å². The third kappa shape index (κ3) is 2.21. The maximum atomic E-state index is 3.67. The van der Waals surface area contributed by atoms with Crippen molar-refractivity contribution in [3.8, 4) is 0 Å². The standard InChI is InChI=1S/C5H12N/c1-5(2)6(3)4/h5H,3H2,1-2,4H3. The van der Waals surface area contributed by atoms with E-state index in [1.807, 2.05) is 11.9 Å². The quantitative estimate of drug-likeness (QED) is 0.462. The Morgan fingerprint density at radius 1 is 1.50 bits per heavy atom. The predicted molar refractivity (Wildman–Crippen MR) is 28.3 cm³/mol. The SMILES string of the molecule is [CH2]N(C)C(C)C. The van der Waals surface area contributed by atoms with Crippen LogP contribution in [-0.4, -0.2) is 18.0 Å². The Balaban J connectivity index is 2.99. The molecule has 0 aliphatic rings. The number of hydrogen-bond donors (Lipinski definition) is 0. The molecule has 0 aromatic carbocycles. The van der Waals surface area contributed by atoms with E-state index in [9.17, 15) is 0 Å². The van der Waals surface area contributed by atoms with E-state index in [-0.39, 0.29) is 0 Å². The van der Waals surface area contributed by atoms with Gasteiger partial charge < -0.3 is 4.90 Å². The van der Waals surface area contributed by atoms with Crippen LogP contribution < -0.4 is 0 Å². The molecular weight excluding hydrogens is 74.1 g/mol. The Morgan fingerprint density at radius 3 is 1.67 bits per heavy atom. The van der Waals surface area contributed by atoms with Gasteiger partial charge in [0.05, 0.1) is 0 Å². The van der Waals surface area contributed by atoms with E-state index in [1.165, 1.54) is 0 Å². The lowest BCUT2D eigenvalue weighted by Crippen LogP contribution is -2.17. The zero-order valence-electron chi connectivity index (χ0n) is 4.73. The summed E-state index contributed by atoms with van der Waals surface area (Å²) in [5.41, 5.74) is 0. The summed E-state index contributed by atoms with van der Waals surface area (Å²) in [5.74, 6) is 0. The lowest BCUT2D eigenvalue weighted by molar-refractivity contribution is 0.370. The molecule has 0 unspecified atom stereocenters. The maximum Gasteiger partial charge on any atom is 0.0109 e. The summed E-state index contributed by atoms with van der Waals surface area (Å²) in [7, 11) is 5.63. The average Bonchev–Trinajstić information content (AvgIpc) is 1.36. The fourth-order valence-electron chi connectivity index (χ4n) is 0. The van der Waals surface area contributed by atoms with Crippen LogP contribution >= 0.6 is 0 Å². The second-order valence-corrected chi connectivity index (χ2v) is 1.85. The summed E-state index contributed by atoms with van der Waals surface area (Å²) in [6, 6.07) is 0.574. The van der Waals surface area contributed by atoms with E-state index in [4.69, 9.17) is 0 Å². The molecule has 0 spiro atoms. The fourth-order valence-corrected chi connectivity index (χ4v) is 0. The van der Waals surface area contributed by atoms with Gasteiger partial charge in [0.1, 0.15) is 0 Å². The molecule has 0 saturated carbocycles. The Bertz CT molecular complexity index is 24.9. The highest BCUT2D eigenvalue weighted by atomic mass is 15.1. The minimum absolute atomic E-state index is 0.574. The van der Waals surface area contributed by atoms with Gasteiger partial charge >= 0.3 is 0 Å². The molecule has 0 bridgehead atoms. The zero-order valence-corrected chi connectivity index (χ0v) is 4.73. The van der Waals surface area contributed by atoms with Crippen LogP contribution in [0.25, 0.3) is 0 Å². The number of hydrogen-bond acceptors (Lipinski definition) is 1. The summed E-state index contributed by atoms with van der Waals surface area (Å²) in [6.07, 6.45) is 0. The Kier molecular flexibility index (Phi) is 2.18. The van der Waals surface area contributed by atoms with Crippen molar-refractivity contribution in [2.45, 2.75) is 19.9 Å². The highest BCUT2D eigenvalue weighted by molar-refractivity contribution is 4.50. The molecule has 0 N–H and O–H groups in total. The first-order valence-electron chi connectivity index (χ1n) is 2.18. The lowest BCUT2D eigenvalue weighted by atomic mass is 10.4. The number of rotatable bonds is 1. The number of nitrogens with zero attached hydrogens (tertiary/aromatic N) is 1. The van der Waals surface area contributed by atoms with Crippen molar-refractivity contribution in [1.29, 1.82) is 0 Å². The molecule has 6 heavy (non-hydrogen) atoms. The monoisotopic (exact) mass is 86.1 g/mol. The van der Waals surface area contributed by atoms with Crippen LogP contribution in [0.2, 0.25) is 0 Å². The second-order valence-electron chi connectivity index (χ2n) is 1.85. The van der Waals surface area contributed by atoms with E-state index in [0.29, 0.717) is 6.04 Å². The molecule has 37 valence electrons. The van der Waals surface area contributed by atoms with Gasteiger partial charge in [0, 0.05) is 13.1 Å². The summed E-state index contributed by atoms with van der Waals surface area (Å²) in [5, 5.41) is 0. The third-order valence-corrected chi connectivity index (χ3v) is 0.882. The first-order valence-corrected chi connectivity index (χ1v) is 2.18. The van der Waals surface area contributed by atoms with E-state index in [1.54, 1.807) is 0 Å². The van der Waals surface area contributed by atoms with Gasteiger partial charge in [0.2, 0.25) is 0 Å². The molecule has 0 aliphatic carbocycles. The summed E-state index contributed by atoms with van der Waals surface area (Å²) >= 11 is 0. The van der Waals surface area contributed by atoms with Crippen molar-refractivity contribution < 1.29 is 0 Å². The average molecular weight is 86.2 g/mol. The Hall–Kier alpha value is -0.0400. The van der Waals surface area contributed by atoms with Crippen molar-refractivity contribution in [2.24, 2.45) is 0 Å².